The van der Waals surface area contributed by atoms with Crippen molar-refractivity contribution < 1.29 is 14.6 Å². The van der Waals surface area contributed by atoms with Gasteiger partial charge in [-0.2, -0.15) is 0 Å². The summed E-state index contributed by atoms with van der Waals surface area (Å²) in [5.41, 5.74) is 3.12. The van der Waals surface area contributed by atoms with E-state index in [1.165, 1.54) is 6.92 Å². The average molecular weight is 458 g/mol. The van der Waals surface area contributed by atoms with E-state index in [0.717, 1.165) is 48.4 Å². The van der Waals surface area contributed by atoms with Gasteiger partial charge in [-0.1, -0.05) is 30.3 Å². The number of hydrogen-bond acceptors (Lipinski definition) is 6. The molecule has 2 aromatic heterocycles. The van der Waals surface area contributed by atoms with E-state index in [1.54, 1.807) is 0 Å². The maximum atomic E-state index is 11.4. The van der Waals surface area contributed by atoms with Crippen molar-refractivity contribution in [3.8, 4) is 17.3 Å². The minimum Gasteiger partial charge on any atom is -0.493 e. The number of nitrogens with one attached hydrogen (secondary N) is 1. The number of fused-ring (bicyclic) bond motifs is 1. The topological polar surface area (TPSA) is 92.5 Å². The van der Waals surface area contributed by atoms with E-state index in [1.807, 2.05) is 65.4 Å². The van der Waals surface area contributed by atoms with Gasteiger partial charge in [-0.05, 0) is 36.2 Å². The molecule has 0 spiro atoms. The van der Waals surface area contributed by atoms with Gasteiger partial charge < -0.3 is 24.6 Å². The standard InChI is InChI=1S/C26H27N5O3/c1-18(32)27-21-10-8-20(9-11-21)24-28-23-22(25(29-24)30-12-5-14-34-15-13-30)17-31(26(23)33)16-19-6-3-2-4-7-19/h2-4,6-11,17,33H,5,12-16H2,1H3,(H,27,32). The molecule has 1 aliphatic heterocycles. The van der Waals surface area contributed by atoms with Gasteiger partial charge in [0.15, 0.2) is 5.82 Å². The van der Waals surface area contributed by atoms with Gasteiger partial charge in [0, 0.05) is 44.1 Å². The summed E-state index contributed by atoms with van der Waals surface area (Å²) >= 11 is 0. The van der Waals surface area contributed by atoms with Crippen LogP contribution in [0.1, 0.15) is 18.9 Å². The molecule has 2 aromatic carbocycles. The SMILES string of the molecule is CC(=O)Nc1ccc(-c2nc(N3CCCOCC3)c3cn(Cc4ccccc4)c(O)c3n2)cc1. The summed E-state index contributed by atoms with van der Waals surface area (Å²) in [5, 5.41) is 14.7. The summed E-state index contributed by atoms with van der Waals surface area (Å²) in [6, 6.07) is 17.4. The van der Waals surface area contributed by atoms with Crippen LogP contribution in [0.5, 0.6) is 5.88 Å². The van der Waals surface area contributed by atoms with Crippen molar-refractivity contribution in [2.75, 3.05) is 36.5 Å². The maximum Gasteiger partial charge on any atom is 0.221 e. The van der Waals surface area contributed by atoms with Crippen LogP contribution >= 0.6 is 0 Å². The van der Waals surface area contributed by atoms with E-state index in [-0.39, 0.29) is 11.8 Å². The lowest BCUT2D eigenvalue weighted by Gasteiger charge is -2.22. The molecule has 0 bridgehead atoms. The number of aromatic nitrogens is 3. The molecule has 1 fully saturated rings. The Morgan fingerprint density at radius 2 is 1.85 bits per heavy atom. The van der Waals surface area contributed by atoms with Crippen LogP contribution in [0.15, 0.2) is 60.8 Å². The lowest BCUT2D eigenvalue weighted by atomic mass is 10.2. The maximum absolute atomic E-state index is 11.4. The Kier molecular flexibility index (Phi) is 6.14. The fourth-order valence-corrected chi connectivity index (χ4v) is 4.23. The van der Waals surface area contributed by atoms with E-state index in [9.17, 15) is 9.90 Å². The van der Waals surface area contributed by atoms with Crippen LogP contribution in [0.25, 0.3) is 22.3 Å². The second-order valence-electron chi connectivity index (χ2n) is 8.41. The highest BCUT2D eigenvalue weighted by atomic mass is 16.5. The Balaban J connectivity index is 1.60. The van der Waals surface area contributed by atoms with Crippen LogP contribution in [0, 0.1) is 0 Å². The smallest absolute Gasteiger partial charge is 0.221 e. The minimum atomic E-state index is -0.124. The van der Waals surface area contributed by atoms with Crippen LogP contribution in [0.4, 0.5) is 11.5 Å². The van der Waals surface area contributed by atoms with E-state index < -0.39 is 0 Å². The molecule has 2 N–H and O–H groups in total. The Labute approximate surface area is 197 Å². The number of benzene rings is 2. The Bertz CT molecular complexity index is 1290. The lowest BCUT2D eigenvalue weighted by Crippen LogP contribution is -2.27. The van der Waals surface area contributed by atoms with Gasteiger partial charge in [0.2, 0.25) is 11.8 Å². The number of aromatic hydroxyl groups is 1. The third-order valence-electron chi connectivity index (χ3n) is 5.88. The van der Waals surface area contributed by atoms with Gasteiger partial charge >= 0.3 is 0 Å². The van der Waals surface area contributed by atoms with Gasteiger partial charge in [0.25, 0.3) is 0 Å². The first-order chi connectivity index (χ1) is 16.6. The lowest BCUT2D eigenvalue weighted by molar-refractivity contribution is -0.114. The first kappa shape index (κ1) is 21.9. The highest BCUT2D eigenvalue weighted by Gasteiger charge is 2.22. The van der Waals surface area contributed by atoms with Crippen LogP contribution in [-0.4, -0.2) is 51.9 Å². The summed E-state index contributed by atoms with van der Waals surface area (Å²) < 4.78 is 7.47. The predicted octanol–water partition coefficient (Wildman–Crippen LogP) is 4.04. The highest BCUT2D eigenvalue weighted by molar-refractivity contribution is 5.95. The first-order valence-corrected chi connectivity index (χ1v) is 11.4. The molecule has 0 saturated carbocycles. The summed E-state index contributed by atoms with van der Waals surface area (Å²) in [6.07, 6.45) is 2.84. The van der Waals surface area contributed by atoms with Crippen LogP contribution in [0.2, 0.25) is 0 Å². The highest BCUT2D eigenvalue weighted by Crippen LogP contribution is 2.35. The molecule has 8 heteroatoms. The molecule has 0 radical (unpaired) electrons. The van der Waals surface area contributed by atoms with E-state index in [2.05, 4.69) is 10.2 Å². The van der Waals surface area contributed by atoms with E-state index >= 15 is 0 Å². The molecule has 0 unspecified atom stereocenters. The van der Waals surface area contributed by atoms with Crippen molar-refractivity contribution in [1.29, 1.82) is 0 Å². The number of ether oxygens (including phenoxy) is 1. The van der Waals surface area contributed by atoms with Gasteiger partial charge in [0.05, 0.1) is 18.5 Å². The average Bonchev–Trinajstić information content (AvgIpc) is 3.01. The zero-order valence-corrected chi connectivity index (χ0v) is 19.1. The summed E-state index contributed by atoms with van der Waals surface area (Å²) in [4.78, 5) is 23.2. The number of carbonyl (C=O) groups excluding carboxylic acids is 1. The second kappa shape index (κ2) is 9.52. The second-order valence-corrected chi connectivity index (χ2v) is 8.41. The summed E-state index contributed by atoms with van der Waals surface area (Å²) in [7, 11) is 0. The van der Waals surface area contributed by atoms with Crippen LogP contribution < -0.4 is 10.2 Å². The van der Waals surface area contributed by atoms with Gasteiger partial charge in [0.1, 0.15) is 11.3 Å². The summed E-state index contributed by atoms with van der Waals surface area (Å²) in [5.74, 6) is 1.30. The molecule has 0 atom stereocenters. The number of hydrogen-bond donors (Lipinski definition) is 2. The largest absolute Gasteiger partial charge is 0.493 e. The van der Waals surface area contributed by atoms with Crippen molar-refractivity contribution in [2.24, 2.45) is 0 Å². The van der Waals surface area contributed by atoms with Gasteiger partial charge in [-0.15, -0.1) is 0 Å². The third-order valence-corrected chi connectivity index (χ3v) is 5.88. The van der Waals surface area contributed by atoms with Crippen molar-refractivity contribution in [2.45, 2.75) is 19.9 Å². The monoisotopic (exact) mass is 457 g/mol. The van der Waals surface area contributed by atoms with Crippen molar-refractivity contribution in [1.82, 2.24) is 14.5 Å². The molecule has 1 saturated heterocycles. The predicted molar refractivity (Wildman–Crippen MR) is 132 cm³/mol. The zero-order chi connectivity index (χ0) is 23.5. The molecular formula is C26H27N5O3. The molecule has 5 rings (SSSR count). The van der Waals surface area contributed by atoms with Gasteiger partial charge in [-0.3, -0.25) is 4.79 Å². The summed E-state index contributed by atoms with van der Waals surface area (Å²) in [6.45, 7) is 4.90. The Morgan fingerprint density at radius 1 is 1.06 bits per heavy atom. The molecule has 0 aliphatic carbocycles. The third kappa shape index (κ3) is 4.58. The molecule has 1 aliphatic rings. The molecule has 3 heterocycles. The molecular weight excluding hydrogens is 430 g/mol. The van der Waals surface area contributed by atoms with Crippen molar-refractivity contribution in [3.05, 3.63) is 66.4 Å². The fraction of sp³-hybridized carbons (Fsp3) is 0.269. The number of carbonyl (C=O) groups is 1. The minimum absolute atomic E-state index is 0.115. The Morgan fingerprint density at radius 3 is 2.62 bits per heavy atom. The fourth-order valence-electron chi connectivity index (χ4n) is 4.23. The zero-order valence-electron chi connectivity index (χ0n) is 19.1. The molecule has 1 amide bonds. The number of rotatable bonds is 5. The molecule has 174 valence electrons. The number of anilines is 2. The molecule has 34 heavy (non-hydrogen) atoms. The Hall–Kier alpha value is -3.91. The molecule has 4 aromatic rings. The first-order valence-electron chi connectivity index (χ1n) is 11.4. The van der Waals surface area contributed by atoms with Crippen molar-refractivity contribution >= 4 is 28.3 Å². The van der Waals surface area contributed by atoms with E-state index in [0.29, 0.717) is 30.2 Å². The quantitative estimate of drug-likeness (QED) is 0.470. The molecule has 8 nitrogen and oxygen atoms in total. The number of nitrogens with zero attached hydrogens (tertiary/aromatic N) is 4. The van der Waals surface area contributed by atoms with E-state index in [4.69, 9.17) is 14.7 Å². The normalized spacial score (nSPS) is 14.2. The van der Waals surface area contributed by atoms with Crippen LogP contribution in [0.3, 0.4) is 0 Å². The van der Waals surface area contributed by atoms with Crippen LogP contribution in [-0.2, 0) is 16.1 Å². The van der Waals surface area contributed by atoms with Crippen molar-refractivity contribution in [3.63, 3.8) is 0 Å². The van der Waals surface area contributed by atoms with Gasteiger partial charge in [-0.25, -0.2) is 9.97 Å². The number of amides is 1.